The SMILES string of the molecule is N#Cc1cccc2c(-c3ncccn3)c[nH]c12. The lowest BCUT2D eigenvalue weighted by atomic mass is 10.1. The fraction of sp³-hybridized carbons (Fsp3) is 0. The van der Waals surface area contributed by atoms with E-state index in [9.17, 15) is 0 Å². The van der Waals surface area contributed by atoms with Gasteiger partial charge in [-0.1, -0.05) is 12.1 Å². The molecule has 3 rings (SSSR count). The predicted molar refractivity (Wildman–Crippen MR) is 64.0 cm³/mol. The topological polar surface area (TPSA) is 65.4 Å². The van der Waals surface area contributed by atoms with E-state index in [0.29, 0.717) is 11.4 Å². The Morgan fingerprint density at radius 2 is 1.94 bits per heavy atom. The molecule has 2 aromatic heterocycles. The van der Waals surface area contributed by atoms with Crippen molar-refractivity contribution >= 4 is 10.9 Å². The van der Waals surface area contributed by atoms with Gasteiger partial charge in [0.1, 0.15) is 6.07 Å². The van der Waals surface area contributed by atoms with E-state index in [-0.39, 0.29) is 0 Å². The summed E-state index contributed by atoms with van der Waals surface area (Å²) in [6.45, 7) is 0. The van der Waals surface area contributed by atoms with E-state index < -0.39 is 0 Å². The maximum atomic E-state index is 9.01. The molecule has 0 radical (unpaired) electrons. The molecule has 3 aromatic rings. The molecule has 0 atom stereocenters. The number of nitrogens with zero attached hydrogens (tertiary/aromatic N) is 3. The molecule has 4 nitrogen and oxygen atoms in total. The summed E-state index contributed by atoms with van der Waals surface area (Å²) in [6, 6.07) is 9.54. The van der Waals surface area contributed by atoms with Crippen LogP contribution in [0.15, 0.2) is 42.9 Å². The molecule has 2 heterocycles. The minimum absolute atomic E-state index is 0.629. The smallest absolute Gasteiger partial charge is 0.161 e. The molecule has 17 heavy (non-hydrogen) atoms. The number of nitriles is 1. The van der Waals surface area contributed by atoms with Crippen molar-refractivity contribution in [3.63, 3.8) is 0 Å². The molecule has 0 spiro atoms. The molecule has 0 unspecified atom stereocenters. The number of nitrogens with one attached hydrogen (secondary N) is 1. The fourth-order valence-electron chi connectivity index (χ4n) is 1.87. The predicted octanol–water partition coefficient (Wildman–Crippen LogP) is 2.50. The van der Waals surface area contributed by atoms with Gasteiger partial charge in [-0.2, -0.15) is 5.26 Å². The zero-order chi connectivity index (χ0) is 11.7. The van der Waals surface area contributed by atoms with Crippen LogP contribution in [0.1, 0.15) is 5.56 Å². The van der Waals surface area contributed by atoms with E-state index in [2.05, 4.69) is 21.0 Å². The Hall–Kier alpha value is -2.67. The molecule has 4 heteroatoms. The number of aromatic nitrogens is 3. The Bertz CT molecular complexity index is 707. The highest BCUT2D eigenvalue weighted by atomic mass is 14.9. The highest BCUT2D eigenvalue weighted by Crippen LogP contribution is 2.27. The lowest BCUT2D eigenvalue weighted by Gasteiger charge is -1.97. The van der Waals surface area contributed by atoms with Crippen LogP contribution >= 0.6 is 0 Å². The van der Waals surface area contributed by atoms with Crippen LogP contribution in [0, 0.1) is 11.3 Å². The third kappa shape index (κ3) is 1.45. The number of benzene rings is 1. The van der Waals surface area contributed by atoms with Crippen molar-refractivity contribution in [2.24, 2.45) is 0 Å². The second-order valence-electron chi connectivity index (χ2n) is 3.61. The standard InChI is InChI=1S/C13H8N4/c14-7-9-3-1-4-10-11(8-17-12(9)10)13-15-5-2-6-16-13/h1-6,8,17H. The Labute approximate surface area is 97.6 Å². The van der Waals surface area contributed by atoms with Crippen LogP contribution in [0.3, 0.4) is 0 Å². The van der Waals surface area contributed by atoms with Gasteiger partial charge in [-0.05, 0) is 12.1 Å². The van der Waals surface area contributed by atoms with Crippen LogP contribution in [0.2, 0.25) is 0 Å². The highest BCUT2D eigenvalue weighted by Gasteiger charge is 2.10. The second-order valence-corrected chi connectivity index (χ2v) is 3.61. The first-order valence-corrected chi connectivity index (χ1v) is 5.18. The van der Waals surface area contributed by atoms with E-state index in [1.807, 2.05) is 18.3 Å². The first kappa shape index (κ1) is 9.55. The fourth-order valence-corrected chi connectivity index (χ4v) is 1.87. The van der Waals surface area contributed by atoms with Crippen LogP contribution in [-0.4, -0.2) is 15.0 Å². The maximum Gasteiger partial charge on any atom is 0.161 e. The minimum atomic E-state index is 0.629. The summed E-state index contributed by atoms with van der Waals surface area (Å²) in [5, 5.41) is 9.98. The highest BCUT2D eigenvalue weighted by molar-refractivity contribution is 5.96. The molecule has 80 valence electrons. The van der Waals surface area contributed by atoms with Crippen molar-refractivity contribution in [1.82, 2.24) is 15.0 Å². The van der Waals surface area contributed by atoms with Crippen LogP contribution in [-0.2, 0) is 0 Å². The molecular weight excluding hydrogens is 212 g/mol. The van der Waals surface area contributed by atoms with Gasteiger partial charge < -0.3 is 4.98 Å². The molecule has 0 saturated carbocycles. The van der Waals surface area contributed by atoms with Crippen LogP contribution in [0.4, 0.5) is 0 Å². The van der Waals surface area contributed by atoms with Crippen molar-refractivity contribution in [3.05, 3.63) is 48.4 Å². The number of hydrogen-bond donors (Lipinski definition) is 1. The van der Waals surface area contributed by atoms with Gasteiger partial charge in [0.25, 0.3) is 0 Å². The quantitative estimate of drug-likeness (QED) is 0.685. The van der Waals surface area contributed by atoms with Crippen molar-refractivity contribution in [1.29, 1.82) is 5.26 Å². The van der Waals surface area contributed by atoms with Gasteiger partial charge in [-0.25, -0.2) is 9.97 Å². The zero-order valence-electron chi connectivity index (χ0n) is 8.88. The summed E-state index contributed by atoms with van der Waals surface area (Å²) in [4.78, 5) is 11.5. The number of fused-ring (bicyclic) bond motifs is 1. The van der Waals surface area contributed by atoms with Gasteiger partial charge in [-0.15, -0.1) is 0 Å². The number of aromatic amines is 1. The Morgan fingerprint density at radius 3 is 2.71 bits per heavy atom. The van der Waals surface area contributed by atoms with E-state index in [0.717, 1.165) is 16.5 Å². The van der Waals surface area contributed by atoms with Gasteiger partial charge in [0.05, 0.1) is 11.1 Å². The van der Waals surface area contributed by atoms with Crippen LogP contribution in [0.25, 0.3) is 22.3 Å². The zero-order valence-corrected chi connectivity index (χ0v) is 8.88. The van der Waals surface area contributed by atoms with E-state index in [1.165, 1.54) is 0 Å². The monoisotopic (exact) mass is 220 g/mol. The average molecular weight is 220 g/mol. The molecule has 0 saturated heterocycles. The molecule has 0 fully saturated rings. The van der Waals surface area contributed by atoms with Gasteiger partial charge in [0, 0.05) is 29.5 Å². The molecule has 1 aromatic carbocycles. The van der Waals surface area contributed by atoms with E-state index >= 15 is 0 Å². The molecule has 1 N–H and O–H groups in total. The Kier molecular flexibility index (Phi) is 2.09. The van der Waals surface area contributed by atoms with E-state index in [1.54, 1.807) is 24.5 Å². The maximum absolute atomic E-state index is 9.01. The van der Waals surface area contributed by atoms with Crippen LogP contribution < -0.4 is 0 Å². The number of H-pyrrole nitrogens is 1. The summed E-state index contributed by atoms with van der Waals surface area (Å²) in [5.74, 6) is 0.661. The van der Waals surface area contributed by atoms with Crippen molar-refractivity contribution in [3.8, 4) is 17.5 Å². The first-order chi connectivity index (χ1) is 8.40. The third-order valence-corrected chi connectivity index (χ3v) is 2.64. The summed E-state index contributed by atoms with van der Waals surface area (Å²) in [7, 11) is 0. The number of hydrogen-bond acceptors (Lipinski definition) is 3. The lowest BCUT2D eigenvalue weighted by molar-refractivity contribution is 1.18. The lowest BCUT2D eigenvalue weighted by Crippen LogP contribution is -1.85. The molecule has 0 bridgehead atoms. The summed E-state index contributed by atoms with van der Waals surface area (Å²) < 4.78 is 0. The van der Waals surface area contributed by atoms with Crippen molar-refractivity contribution < 1.29 is 0 Å². The molecule has 0 amide bonds. The number of rotatable bonds is 1. The molecule has 0 aliphatic carbocycles. The summed E-state index contributed by atoms with van der Waals surface area (Å²) in [5.41, 5.74) is 2.37. The number of para-hydroxylation sites is 1. The average Bonchev–Trinajstić information content (AvgIpc) is 2.83. The minimum Gasteiger partial charge on any atom is -0.359 e. The Morgan fingerprint density at radius 1 is 1.12 bits per heavy atom. The van der Waals surface area contributed by atoms with Crippen molar-refractivity contribution in [2.45, 2.75) is 0 Å². The van der Waals surface area contributed by atoms with E-state index in [4.69, 9.17) is 5.26 Å². The van der Waals surface area contributed by atoms with Crippen LogP contribution in [0.5, 0.6) is 0 Å². The molecular formula is C13H8N4. The van der Waals surface area contributed by atoms with Gasteiger partial charge in [-0.3, -0.25) is 0 Å². The third-order valence-electron chi connectivity index (χ3n) is 2.64. The Balaban J connectivity index is 2.31. The summed E-state index contributed by atoms with van der Waals surface area (Å²) in [6.07, 6.45) is 5.24. The largest absolute Gasteiger partial charge is 0.359 e. The second kappa shape index (κ2) is 3.72. The van der Waals surface area contributed by atoms with Gasteiger partial charge in [0.15, 0.2) is 5.82 Å². The summed E-state index contributed by atoms with van der Waals surface area (Å²) >= 11 is 0. The normalized spacial score (nSPS) is 10.3. The van der Waals surface area contributed by atoms with Crippen molar-refractivity contribution in [2.75, 3.05) is 0 Å². The molecule has 0 aliphatic rings. The van der Waals surface area contributed by atoms with Gasteiger partial charge in [0.2, 0.25) is 0 Å². The first-order valence-electron chi connectivity index (χ1n) is 5.18. The van der Waals surface area contributed by atoms with Gasteiger partial charge >= 0.3 is 0 Å². The molecule has 0 aliphatic heterocycles.